The van der Waals surface area contributed by atoms with Gasteiger partial charge in [0.05, 0.1) is 51.0 Å². The lowest BCUT2D eigenvalue weighted by Gasteiger charge is -2.41. The number of halogens is 2. The number of methoxy groups -OCH3 is 1. The summed E-state index contributed by atoms with van der Waals surface area (Å²) in [4.78, 5) is 41.4. The third-order valence-corrected chi connectivity index (χ3v) is 7.23. The number of carbonyl (C=O) groups excluding carboxylic acids is 3. The minimum absolute atomic E-state index is 0.0111. The lowest BCUT2D eigenvalue weighted by Crippen LogP contribution is -2.67. The Morgan fingerprint density at radius 3 is 2.69 bits per heavy atom. The zero-order valence-corrected chi connectivity index (χ0v) is 20.5. The number of fused-ring (bicyclic) bond motifs is 1. The van der Waals surface area contributed by atoms with E-state index in [1.54, 1.807) is 18.2 Å². The zero-order valence-electron chi connectivity index (χ0n) is 20.5. The van der Waals surface area contributed by atoms with E-state index in [0.717, 1.165) is 4.90 Å². The van der Waals surface area contributed by atoms with Crippen molar-refractivity contribution in [2.75, 3.05) is 53.0 Å². The van der Waals surface area contributed by atoms with Crippen molar-refractivity contribution in [3.63, 3.8) is 0 Å². The van der Waals surface area contributed by atoms with Crippen molar-refractivity contribution < 1.29 is 32.6 Å². The highest BCUT2D eigenvalue weighted by atomic mass is 19.3. The summed E-state index contributed by atoms with van der Waals surface area (Å²) in [6.07, 6.45) is -1.48. The number of likely N-dealkylation sites (tertiary alicyclic amines) is 1. The Labute approximate surface area is 209 Å². The number of piperidine rings is 1. The number of carbonyl (C=O) groups is 3. The number of amides is 2. The molecule has 2 amide bonds. The summed E-state index contributed by atoms with van der Waals surface area (Å²) in [7, 11) is 1.53. The number of ketones is 1. The number of Topliss-reactive ketones (excluding diaryl/α,β-unsaturated/α-hetero) is 1. The molecule has 3 heterocycles. The fourth-order valence-electron chi connectivity index (χ4n) is 5.25. The van der Waals surface area contributed by atoms with Crippen LogP contribution in [0, 0.1) is 11.8 Å². The Morgan fingerprint density at radius 2 is 1.97 bits per heavy atom. The van der Waals surface area contributed by atoms with Crippen LogP contribution in [0.1, 0.15) is 29.6 Å². The molecule has 1 aromatic carbocycles. The van der Waals surface area contributed by atoms with Crippen LogP contribution < -0.4 is 15.4 Å². The Hall–Kier alpha value is -2.63. The molecule has 11 heteroatoms. The van der Waals surface area contributed by atoms with Crippen LogP contribution in [-0.2, 0) is 14.3 Å². The monoisotopic (exact) mass is 508 g/mol. The lowest BCUT2D eigenvalue weighted by molar-refractivity contribution is -0.140. The van der Waals surface area contributed by atoms with E-state index < -0.39 is 25.0 Å². The number of nitrogens with one attached hydrogen (secondary N) is 2. The third kappa shape index (κ3) is 6.37. The lowest BCUT2D eigenvalue weighted by atomic mass is 9.88. The van der Waals surface area contributed by atoms with Crippen LogP contribution in [0.2, 0.25) is 0 Å². The van der Waals surface area contributed by atoms with E-state index in [2.05, 4.69) is 10.6 Å². The standard InChI is InChI=1S/C25H34F2N4O5/c1-35-20-5-3-2-4-17(20)24(33)16-6-9-30(10-7-16)14-23(32)31(12-21(26)27)13-22-28-19-8-11-36-15-18(19)25(34)29-22/h2-5,16,18-19,21-22,28H,6-15H2,1H3,(H,29,34). The molecule has 0 spiro atoms. The number of para-hydroxylation sites is 1. The molecule has 3 unspecified atom stereocenters. The summed E-state index contributed by atoms with van der Waals surface area (Å²) in [6.45, 7) is 1.14. The number of hydrogen-bond donors (Lipinski definition) is 2. The molecule has 4 rings (SSSR count). The van der Waals surface area contributed by atoms with E-state index in [4.69, 9.17) is 9.47 Å². The smallest absolute Gasteiger partial charge is 0.255 e. The molecule has 0 radical (unpaired) electrons. The second kappa shape index (κ2) is 12.1. The SMILES string of the molecule is COc1ccccc1C(=O)C1CCN(CC(=O)N(CC(F)F)CC2NC(=O)C3COCCC3N2)CC1. The number of nitrogens with zero attached hydrogens (tertiary/aromatic N) is 2. The normalized spacial score (nSPS) is 25.2. The summed E-state index contributed by atoms with van der Waals surface area (Å²) >= 11 is 0. The molecule has 36 heavy (non-hydrogen) atoms. The van der Waals surface area contributed by atoms with Crippen molar-refractivity contribution in [3.05, 3.63) is 29.8 Å². The van der Waals surface area contributed by atoms with Crippen LogP contribution in [0.3, 0.4) is 0 Å². The summed E-state index contributed by atoms with van der Waals surface area (Å²) < 4.78 is 37.3. The highest BCUT2D eigenvalue weighted by Crippen LogP contribution is 2.27. The molecular formula is C25H34F2N4O5. The van der Waals surface area contributed by atoms with E-state index in [0.29, 0.717) is 56.9 Å². The van der Waals surface area contributed by atoms with Gasteiger partial charge in [-0.25, -0.2) is 8.78 Å². The molecular weight excluding hydrogens is 474 g/mol. The van der Waals surface area contributed by atoms with Crippen molar-refractivity contribution in [2.24, 2.45) is 11.8 Å². The Balaban J connectivity index is 1.31. The molecule has 3 atom stereocenters. The Bertz CT molecular complexity index is 941. The van der Waals surface area contributed by atoms with Crippen LogP contribution >= 0.6 is 0 Å². The van der Waals surface area contributed by atoms with Gasteiger partial charge >= 0.3 is 0 Å². The summed E-state index contributed by atoms with van der Waals surface area (Å²) in [5, 5.41) is 6.07. The van der Waals surface area contributed by atoms with Gasteiger partial charge in [-0.2, -0.15) is 0 Å². The van der Waals surface area contributed by atoms with Crippen LogP contribution in [0.4, 0.5) is 8.78 Å². The molecule has 3 aliphatic rings. The van der Waals surface area contributed by atoms with Crippen molar-refractivity contribution >= 4 is 17.6 Å². The molecule has 0 saturated carbocycles. The minimum Gasteiger partial charge on any atom is -0.496 e. The second-order valence-electron chi connectivity index (χ2n) is 9.61. The van der Waals surface area contributed by atoms with Gasteiger partial charge in [0.2, 0.25) is 11.8 Å². The molecule has 9 nitrogen and oxygen atoms in total. The molecule has 0 aromatic heterocycles. The van der Waals surface area contributed by atoms with Crippen LogP contribution in [0.5, 0.6) is 5.75 Å². The predicted molar refractivity (Wildman–Crippen MR) is 127 cm³/mol. The maximum atomic E-state index is 13.3. The highest BCUT2D eigenvalue weighted by molar-refractivity contribution is 6.00. The average molecular weight is 509 g/mol. The first-order chi connectivity index (χ1) is 17.4. The number of benzene rings is 1. The van der Waals surface area contributed by atoms with Gasteiger partial charge in [-0.15, -0.1) is 0 Å². The molecule has 1 aromatic rings. The number of hydrogen-bond acceptors (Lipinski definition) is 7. The largest absolute Gasteiger partial charge is 0.496 e. The number of alkyl halides is 2. The van der Waals surface area contributed by atoms with E-state index in [-0.39, 0.29) is 42.7 Å². The maximum absolute atomic E-state index is 13.3. The van der Waals surface area contributed by atoms with Gasteiger partial charge in [0.1, 0.15) is 5.75 Å². The molecule has 198 valence electrons. The molecule has 3 aliphatic heterocycles. The number of ether oxygens (including phenoxy) is 2. The first-order valence-electron chi connectivity index (χ1n) is 12.5. The van der Waals surface area contributed by atoms with Crippen LogP contribution in [-0.4, -0.2) is 99.1 Å². The van der Waals surface area contributed by atoms with Crippen molar-refractivity contribution in [3.8, 4) is 5.75 Å². The highest BCUT2D eigenvalue weighted by Gasteiger charge is 2.39. The van der Waals surface area contributed by atoms with Crippen LogP contribution in [0.15, 0.2) is 24.3 Å². The van der Waals surface area contributed by atoms with Gasteiger partial charge in [0.15, 0.2) is 5.78 Å². The average Bonchev–Trinajstić information content (AvgIpc) is 2.88. The molecule has 0 bridgehead atoms. The van der Waals surface area contributed by atoms with Gasteiger partial charge < -0.3 is 19.7 Å². The molecule has 2 N–H and O–H groups in total. The molecule has 0 aliphatic carbocycles. The van der Waals surface area contributed by atoms with Crippen molar-refractivity contribution in [1.29, 1.82) is 0 Å². The van der Waals surface area contributed by atoms with E-state index >= 15 is 0 Å². The maximum Gasteiger partial charge on any atom is 0.255 e. The zero-order chi connectivity index (χ0) is 25.7. The fraction of sp³-hybridized carbons (Fsp3) is 0.640. The molecule has 3 saturated heterocycles. The first kappa shape index (κ1) is 26.4. The topological polar surface area (TPSA) is 100 Å². The van der Waals surface area contributed by atoms with E-state index in [9.17, 15) is 23.2 Å². The summed E-state index contributed by atoms with van der Waals surface area (Å²) in [5.41, 5.74) is 0.548. The van der Waals surface area contributed by atoms with E-state index in [1.165, 1.54) is 7.11 Å². The van der Waals surface area contributed by atoms with Gasteiger partial charge in [0, 0.05) is 18.6 Å². The fourth-order valence-corrected chi connectivity index (χ4v) is 5.25. The minimum atomic E-state index is -2.69. The van der Waals surface area contributed by atoms with Gasteiger partial charge in [-0.05, 0) is 44.5 Å². The van der Waals surface area contributed by atoms with E-state index in [1.807, 2.05) is 11.0 Å². The Morgan fingerprint density at radius 1 is 1.22 bits per heavy atom. The quantitative estimate of drug-likeness (QED) is 0.483. The summed E-state index contributed by atoms with van der Waals surface area (Å²) in [5.74, 6) is -0.542. The second-order valence-corrected chi connectivity index (χ2v) is 9.61. The van der Waals surface area contributed by atoms with Gasteiger partial charge in [-0.1, -0.05) is 12.1 Å². The van der Waals surface area contributed by atoms with Crippen molar-refractivity contribution in [2.45, 2.75) is 37.9 Å². The third-order valence-electron chi connectivity index (χ3n) is 7.23. The van der Waals surface area contributed by atoms with Crippen LogP contribution in [0.25, 0.3) is 0 Å². The predicted octanol–water partition coefficient (Wildman–Crippen LogP) is 1.13. The first-order valence-corrected chi connectivity index (χ1v) is 12.5. The van der Waals surface area contributed by atoms with Crippen molar-refractivity contribution in [1.82, 2.24) is 20.4 Å². The Kier molecular flexibility index (Phi) is 8.86. The van der Waals surface area contributed by atoms with Gasteiger partial charge in [0.25, 0.3) is 6.43 Å². The van der Waals surface area contributed by atoms with Gasteiger partial charge in [-0.3, -0.25) is 24.6 Å². The summed E-state index contributed by atoms with van der Waals surface area (Å²) in [6, 6.07) is 7.02. The number of rotatable bonds is 9. The molecule has 3 fully saturated rings.